The molecule has 1 atom stereocenters. The molecule has 8 nitrogen and oxygen atoms in total. The normalized spacial score (nSPS) is 17.7. The Balaban J connectivity index is 1.51. The summed E-state index contributed by atoms with van der Waals surface area (Å²) in [6, 6.07) is 7.61. The molecule has 1 aliphatic rings. The van der Waals surface area contributed by atoms with Crippen molar-refractivity contribution in [2.75, 3.05) is 18.0 Å². The lowest BCUT2D eigenvalue weighted by atomic mass is 9.92. The summed E-state index contributed by atoms with van der Waals surface area (Å²) < 4.78 is 0. The van der Waals surface area contributed by atoms with Crippen LogP contribution in [0.25, 0.3) is 21.9 Å². The molecule has 0 aromatic carbocycles. The highest BCUT2D eigenvalue weighted by atomic mass is 15.3. The maximum absolute atomic E-state index is 8.89. The van der Waals surface area contributed by atoms with Gasteiger partial charge in [-0.1, -0.05) is 0 Å². The molecule has 2 N–H and O–H groups in total. The summed E-state index contributed by atoms with van der Waals surface area (Å²) in [7, 11) is 0. The third-order valence-corrected chi connectivity index (χ3v) is 5.05. The minimum atomic E-state index is 0.339. The Labute approximate surface area is 148 Å². The van der Waals surface area contributed by atoms with E-state index in [2.05, 4.69) is 35.3 Å². The van der Waals surface area contributed by atoms with Gasteiger partial charge in [0.2, 0.25) is 0 Å². The molecule has 0 radical (unpaired) electrons. The monoisotopic (exact) mass is 344 g/mol. The van der Waals surface area contributed by atoms with Gasteiger partial charge < -0.3 is 10.00 Å². The lowest BCUT2D eigenvalue weighted by molar-refractivity contribution is 0.499. The number of nitrogens with zero attached hydrogens (tertiary/aromatic N) is 6. The summed E-state index contributed by atoms with van der Waals surface area (Å²) >= 11 is 0. The Kier molecular flexibility index (Phi) is 3.31. The number of aromatic nitrogens is 6. The fourth-order valence-electron chi connectivity index (χ4n) is 3.82. The number of fused-ring (bicyclic) bond motifs is 3. The molecule has 1 aliphatic heterocycles. The molecule has 0 saturated carbocycles. The number of anilines is 1. The number of pyridine rings is 1. The summed E-state index contributed by atoms with van der Waals surface area (Å²) in [5.41, 5.74) is 3.30. The van der Waals surface area contributed by atoms with Crippen molar-refractivity contribution in [3.63, 3.8) is 0 Å². The molecule has 5 heterocycles. The Morgan fingerprint density at radius 2 is 2.12 bits per heavy atom. The molecule has 0 spiro atoms. The van der Waals surface area contributed by atoms with Crippen LogP contribution in [0.4, 0.5) is 5.82 Å². The van der Waals surface area contributed by atoms with Crippen molar-refractivity contribution in [3.05, 3.63) is 42.0 Å². The zero-order chi connectivity index (χ0) is 17.5. The maximum atomic E-state index is 8.89. The van der Waals surface area contributed by atoms with Crippen molar-refractivity contribution in [2.24, 2.45) is 0 Å². The maximum Gasteiger partial charge on any atom is 0.163 e. The van der Waals surface area contributed by atoms with E-state index in [0.29, 0.717) is 11.6 Å². The molecule has 26 heavy (non-hydrogen) atoms. The lowest BCUT2D eigenvalue weighted by Gasteiger charge is -2.33. The van der Waals surface area contributed by atoms with E-state index < -0.39 is 0 Å². The van der Waals surface area contributed by atoms with E-state index in [4.69, 9.17) is 5.26 Å². The van der Waals surface area contributed by atoms with Gasteiger partial charge in [-0.05, 0) is 31.0 Å². The number of nitriles is 1. The summed E-state index contributed by atoms with van der Waals surface area (Å²) in [6.07, 6.45) is 5.80. The van der Waals surface area contributed by atoms with E-state index in [0.717, 1.165) is 48.3 Å². The first-order valence-electron chi connectivity index (χ1n) is 8.62. The summed E-state index contributed by atoms with van der Waals surface area (Å²) in [6.45, 7) is 1.79. The molecular weight excluding hydrogens is 328 g/mol. The number of H-pyrrole nitrogens is 2. The van der Waals surface area contributed by atoms with Crippen LogP contribution in [0.5, 0.6) is 0 Å². The fourth-order valence-corrected chi connectivity index (χ4v) is 3.82. The molecule has 4 aromatic rings. The van der Waals surface area contributed by atoms with Crippen LogP contribution in [0.1, 0.15) is 30.1 Å². The van der Waals surface area contributed by atoms with E-state index >= 15 is 0 Å². The van der Waals surface area contributed by atoms with Crippen LogP contribution in [0.15, 0.2) is 30.6 Å². The van der Waals surface area contributed by atoms with Gasteiger partial charge in [-0.2, -0.15) is 5.26 Å². The third kappa shape index (κ3) is 2.29. The Morgan fingerprint density at radius 3 is 2.96 bits per heavy atom. The van der Waals surface area contributed by atoms with Gasteiger partial charge in [0.25, 0.3) is 0 Å². The SMILES string of the molecule is N#Cc1ccc(N2CCCC(c3[nH][nH]c4cnc5nccc5c34)C2)nn1. The van der Waals surface area contributed by atoms with Gasteiger partial charge in [-0.3, -0.25) is 5.10 Å². The highest BCUT2D eigenvalue weighted by molar-refractivity contribution is 6.04. The van der Waals surface area contributed by atoms with Gasteiger partial charge in [-0.25, -0.2) is 9.97 Å². The van der Waals surface area contributed by atoms with Gasteiger partial charge in [0.05, 0.1) is 11.7 Å². The van der Waals surface area contributed by atoms with E-state index in [1.807, 2.05) is 24.4 Å². The predicted octanol–water partition coefficient (Wildman–Crippen LogP) is 2.48. The number of nitrogens with one attached hydrogen (secondary N) is 2. The van der Waals surface area contributed by atoms with Crippen LogP contribution in [0, 0.1) is 11.3 Å². The molecular formula is C18H16N8. The Bertz CT molecular complexity index is 1120. The second-order valence-electron chi connectivity index (χ2n) is 6.57. The van der Waals surface area contributed by atoms with Crippen LogP contribution in [0.3, 0.4) is 0 Å². The molecule has 1 fully saturated rings. The van der Waals surface area contributed by atoms with Crippen LogP contribution < -0.4 is 4.90 Å². The number of piperidine rings is 1. The van der Waals surface area contributed by atoms with Gasteiger partial charge in [0.1, 0.15) is 6.07 Å². The molecule has 1 unspecified atom stereocenters. The first-order valence-corrected chi connectivity index (χ1v) is 8.62. The highest BCUT2D eigenvalue weighted by Crippen LogP contribution is 2.34. The first-order chi connectivity index (χ1) is 12.8. The van der Waals surface area contributed by atoms with Crippen molar-refractivity contribution in [1.82, 2.24) is 30.4 Å². The van der Waals surface area contributed by atoms with Gasteiger partial charge in [0.15, 0.2) is 17.2 Å². The van der Waals surface area contributed by atoms with Crippen molar-refractivity contribution in [1.29, 1.82) is 5.26 Å². The van der Waals surface area contributed by atoms with E-state index in [1.54, 1.807) is 12.3 Å². The molecule has 8 heteroatoms. The van der Waals surface area contributed by atoms with E-state index in [1.165, 1.54) is 11.1 Å². The first kappa shape index (κ1) is 14.8. The minimum Gasteiger partial charge on any atom is -0.354 e. The Morgan fingerprint density at radius 1 is 1.15 bits per heavy atom. The van der Waals surface area contributed by atoms with Crippen LogP contribution in [0.2, 0.25) is 0 Å². The summed E-state index contributed by atoms with van der Waals surface area (Å²) in [4.78, 5) is 10.9. The summed E-state index contributed by atoms with van der Waals surface area (Å²) in [5.74, 6) is 1.16. The standard InChI is InChI=1S/C18H16N8/c19-8-12-3-4-15(24-22-12)26-7-1-2-11(10-26)17-16-13-5-6-20-18(13)21-9-14(16)23-25-17/h3-6,9,11,23,25H,1-2,7,10H2. The van der Waals surface area contributed by atoms with Crippen LogP contribution in [-0.2, 0) is 0 Å². The molecule has 1 saturated heterocycles. The predicted molar refractivity (Wildman–Crippen MR) is 96.7 cm³/mol. The molecule has 5 rings (SSSR count). The zero-order valence-electron chi connectivity index (χ0n) is 14.0. The summed E-state index contributed by atoms with van der Waals surface area (Å²) in [5, 5.41) is 25.9. The van der Waals surface area contributed by atoms with Crippen molar-refractivity contribution >= 4 is 27.8 Å². The molecule has 128 valence electrons. The molecule has 4 aromatic heterocycles. The third-order valence-electron chi connectivity index (χ3n) is 5.05. The molecule has 0 aliphatic carbocycles. The Hall–Kier alpha value is -3.47. The topological polar surface area (TPSA) is 110 Å². The van der Waals surface area contributed by atoms with Crippen molar-refractivity contribution in [2.45, 2.75) is 18.8 Å². The molecule has 0 amide bonds. The average molecular weight is 344 g/mol. The second kappa shape index (κ2) is 5.81. The van der Waals surface area contributed by atoms with Gasteiger partial charge >= 0.3 is 0 Å². The van der Waals surface area contributed by atoms with E-state index in [9.17, 15) is 0 Å². The zero-order valence-corrected chi connectivity index (χ0v) is 14.0. The smallest absolute Gasteiger partial charge is 0.163 e. The van der Waals surface area contributed by atoms with Crippen molar-refractivity contribution in [3.8, 4) is 6.07 Å². The second-order valence-corrected chi connectivity index (χ2v) is 6.57. The largest absolute Gasteiger partial charge is 0.354 e. The van der Waals surface area contributed by atoms with Gasteiger partial charge in [-0.15, -0.1) is 10.2 Å². The van der Waals surface area contributed by atoms with Crippen LogP contribution >= 0.6 is 0 Å². The van der Waals surface area contributed by atoms with Crippen LogP contribution in [-0.4, -0.2) is 43.5 Å². The number of hydrogen-bond donors (Lipinski definition) is 2. The minimum absolute atomic E-state index is 0.339. The molecule has 0 bridgehead atoms. The van der Waals surface area contributed by atoms with E-state index in [-0.39, 0.29) is 0 Å². The van der Waals surface area contributed by atoms with Crippen molar-refractivity contribution < 1.29 is 0 Å². The fraction of sp³-hybridized carbons (Fsp3) is 0.278. The quantitative estimate of drug-likeness (QED) is 0.578. The number of rotatable bonds is 2. The average Bonchev–Trinajstić information content (AvgIpc) is 3.34. The highest BCUT2D eigenvalue weighted by Gasteiger charge is 2.26. The number of aromatic amines is 2. The number of hydrogen-bond acceptors (Lipinski definition) is 6. The lowest BCUT2D eigenvalue weighted by Crippen LogP contribution is -2.35. The van der Waals surface area contributed by atoms with Gasteiger partial charge in [0, 0.05) is 41.7 Å².